The van der Waals surface area contributed by atoms with Crippen molar-refractivity contribution < 1.29 is 28.6 Å². The van der Waals surface area contributed by atoms with E-state index >= 15 is 0 Å². The Morgan fingerprint density at radius 3 is 2.18 bits per heavy atom. The number of amides is 2. The lowest BCUT2D eigenvalue weighted by Crippen LogP contribution is -2.69. The zero-order valence-electron chi connectivity index (χ0n) is 22.5. The molecular weight excluding hydrogens is 564 g/mol. The first-order valence-electron chi connectivity index (χ1n) is 12.4. The fraction of sp³-hybridized carbons (Fsp3) is 0.300. The maximum Gasteiger partial charge on any atom is 0.408 e. The van der Waals surface area contributed by atoms with Crippen LogP contribution in [-0.4, -0.2) is 37.7 Å². The van der Waals surface area contributed by atoms with Gasteiger partial charge in [-0.1, -0.05) is 76.6 Å². The molecule has 0 bridgehead atoms. The van der Waals surface area contributed by atoms with E-state index in [4.69, 9.17) is 14.2 Å². The number of carbonyl (C=O) groups is 3. The van der Waals surface area contributed by atoms with Crippen molar-refractivity contribution in [2.24, 2.45) is 0 Å². The number of carbonyl (C=O) groups excluding carboxylic acids is 3. The molecule has 204 valence electrons. The van der Waals surface area contributed by atoms with Gasteiger partial charge in [0, 0.05) is 22.8 Å². The van der Waals surface area contributed by atoms with Crippen molar-refractivity contribution in [3.8, 4) is 0 Å². The topological polar surface area (TPSA) is 94.2 Å². The highest BCUT2D eigenvalue weighted by atomic mass is 79.9. The second-order valence-electron chi connectivity index (χ2n) is 10.2. The van der Waals surface area contributed by atoms with E-state index in [0.29, 0.717) is 21.3 Å². The standard InChI is InChI=1S/C30H31BrN2O6/c1-28(2,3)39-27(36)32-29(23-18-22(31)16-17-24(23)33(4)25(29)34)30(26(35)37-5,21-14-10-7-11-15-21)38-19-20-12-8-6-9-13-20/h6-18H,19H2,1-5H3,(H,32,36)/t29-,30+/m1/s1. The quantitative estimate of drug-likeness (QED) is 0.366. The average molecular weight is 595 g/mol. The monoisotopic (exact) mass is 594 g/mol. The summed E-state index contributed by atoms with van der Waals surface area (Å²) in [5, 5.41) is 2.80. The van der Waals surface area contributed by atoms with Crippen molar-refractivity contribution in [2.45, 2.75) is 44.1 Å². The minimum atomic E-state index is -2.16. The number of benzene rings is 3. The Morgan fingerprint density at radius 1 is 0.974 bits per heavy atom. The number of nitrogens with one attached hydrogen (secondary N) is 1. The van der Waals surface area contributed by atoms with Crippen LogP contribution in [0.25, 0.3) is 0 Å². The molecule has 2 atom stereocenters. The highest BCUT2D eigenvalue weighted by molar-refractivity contribution is 9.10. The van der Waals surface area contributed by atoms with E-state index in [-0.39, 0.29) is 6.61 Å². The summed E-state index contributed by atoms with van der Waals surface area (Å²) in [5.74, 6) is -1.46. The summed E-state index contributed by atoms with van der Waals surface area (Å²) in [4.78, 5) is 43.5. The summed E-state index contributed by atoms with van der Waals surface area (Å²) in [6.07, 6.45) is -0.899. The van der Waals surface area contributed by atoms with Crippen molar-refractivity contribution in [1.29, 1.82) is 0 Å². The number of anilines is 1. The first-order chi connectivity index (χ1) is 18.5. The van der Waals surface area contributed by atoms with Crippen LogP contribution in [0.2, 0.25) is 0 Å². The summed E-state index contributed by atoms with van der Waals surface area (Å²) in [6, 6.07) is 23.0. The molecule has 0 spiro atoms. The molecule has 0 unspecified atom stereocenters. The molecule has 0 fully saturated rings. The Bertz CT molecular complexity index is 1380. The Balaban J connectivity index is 2.08. The minimum Gasteiger partial charge on any atom is -0.467 e. The third kappa shape index (κ3) is 5.04. The van der Waals surface area contributed by atoms with Gasteiger partial charge in [0.25, 0.3) is 5.91 Å². The molecule has 3 aromatic rings. The highest BCUT2D eigenvalue weighted by Crippen LogP contribution is 2.53. The summed E-state index contributed by atoms with van der Waals surface area (Å²) in [6.45, 7) is 5.07. The van der Waals surface area contributed by atoms with Crippen LogP contribution in [-0.2, 0) is 41.5 Å². The summed E-state index contributed by atoms with van der Waals surface area (Å²) >= 11 is 3.49. The van der Waals surface area contributed by atoms with E-state index in [1.54, 1.807) is 76.3 Å². The Morgan fingerprint density at radius 2 is 1.59 bits per heavy atom. The van der Waals surface area contributed by atoms with E-state index in [0.717, 1.165) is 5.56 Å². The Hall–Kier alpha value is -3.69. The zero-order chi connectivity index (χ0) is 28.4. The Kier molecular flexibility index (Phi) is 7.86. The van der Waals surface area contributed by atoms with Gasteiger partial charge in [0.2, 0.25) is 5.60 Å². The van der Waals surface area contributed by atoms with Gasteiger partial charge >= 0.3 is 12.1 Å². The van der Waals surface area contributed by atoms with Crippen molar-refractivity contribution in [2.75, 3.05) is 19.1 Å². The fourth-order valence-corrected chi connectivity index (χ4v) is 5.26. The lowest BCUT2D eigenvalue weighted by atomic mass is 9.70. The van der Waals surface area contributed by atoms with Gasteiger partial charge in [-0.2, -0.15) is 0 Å². The largest absolute Gasteiger partial charge is 0.467 e. The molecular formula is C30H31BrN2O6. The van der Waals surface area contributed by atoms with Gasteiger partial charge in [-0.15, -0.1) is 0 Å². The number of methoxy groups -OCH3 is 1. The third-order valence-corrected chi connectivity index (χ3v) is 7.01. The van der Waals surface area contributed by atoms with Gasteiger partial charge in [-0.3, -0.25) is 10.1 Å². The fourth-order valence-electron chi connectivity index (χ4n) is 4.90. The van der Waals surface area contributed by atoms with Crippen molar-refractivity contribution in [1.82, 2.24) is 5.32 Å². The van der Waals surface area contributed by atoms with Crippen LogP contribution in [0.3, 0.4) is 0 Å². The number of esters is 1. The number of halogens is 1. The second-order valence-corrected chi connectivity index (χ2v) is 11.1. The van der Waals surface area contributed by atoms with Crippen LogP contribution in [0.15, 0.2) is 83.3 Å². The predicted octanol–water partition coefficient (Wildman–Crippen LogP) is 5.43. The Labute approximate surface area is 236 Å². The van der Waals surface area contributed by atoms with Crippen molar-refractivity contribution in [3.05, 3.63) is 100 Å². The lowest BCUT2D eigenvalue weighted by molar-refractivity contribution is -0.192. The number of alkyl carbamates (subject to hydrolysis) is 1. The van der Waals surface area contributed by atoms with E-state index in [9.17, 15) is 14.4 Å². The van der Waals surface area contributed by atoms with Crippen LogP contribution in [0, 0.1) is 0 Å². The summed E-state index contributed by atoms with van der Waals surface area (Å²) < 4.78 is 18.2. The first-order valence-corrected chi connectivity index (χ1v) is 13.2. The molecule has 9 heteroatoms. The second kappa shape index (κ2) is 10.8. The molecule has 1 N–H and O–H groups in total. The predicted molar refractivity (Wildman–Crippen MR) is 150 cm³/mol. The number of ether oxygens (including phenoxy) is 3. The number of hydrogen-bond acceptors (Lipinski definition) is 6. The molecule has 1 aliphatic rings. The number of fused-ring (bicyclic) bond motifs is 1. The summed E-state index contributed by atoms with van der Waals surface area (Å²) in [5.41, 5.74) is -3.24. The van der Waals surface area contributed by atoms with Gasteiger partial charge in [0.15, 0.2) is 5.54 Å². The minimum absolute atomic E-state index is 0.0666. The molecule has 0 radical (unpaired) electrons. The van der Waals surface area contributed by atoms with Crippen molar-refractivity contribution >= 4 is 39.6 Å². The normalized spacial score (nSPS) is 18.2. The molecule has 1 aliphatic heterocycles. The molecule has 0 aliphatic carbocycles. The van der Waals surface area contributed by atoms with Crippen LogP contribution < -0.4 is 10.2 Å². The van der Waals surface area contributed by atoms with Crippen molar-refractivity contribution in [3.63, 3.8) is 0 Å². The van der Waals surface area contributed by atoms with E-state index in [2.05, 4.69) is 21.2 Å². The maximum atomic E-state index is 14.5. The van der Waals surface area contributed by atoms with Crippen LogP contribution in [0.4, 0.5) is 10.5 Å². The van der Waals surface area contributed by atoms with E-state index < -0.39 is 34.7 Å². The number of rotatable bonds is 7. The van der Waals surface area contributed by atoms with E-state index in [1.165, 1.54) is 12.0 Å². The molecule has 2 amide bonds. The average Bonchev–Trinajstić information content (AvgIpc) is 3.11. The number of hydrogen-bond donors (Lipinski definition) is 1. The number of nitrogens with zero attached hydrogens (tertiary/aromatic N) is 1. The molecule has 39 heavy (non-hydrogen) atoms. The third-order valence-electron chi connectivity index (χ3n) is 6.52. The SMILES string of the molecule is COC(=O)[C@@](OCc1ccccc1)(c1ccccc1)[C@]1(NC(=O)OC(C)(C)C)C(=O)N(C)c2ccc(Br)cc21. The van der Waals surface area contributed by atoms with Gasteiger partial charge < -0.3 is 19.1 Å². The molecule has 1 heterocycles. The zero-order valence-corrected chi connectivity index (χ0v) is 24.1. The molecule has 0 saturated heterocycles. The van der Waals surface area contributed by atoms with Crippen LogP contribution >= 0.6 is 15.9 Å². The molecule has 3 aromatic carbocycles. The highest BCUT2D eigenvalue weighted by Gasteiger charge is 2.70. The first kappa shape index (κ1) is 28.3. The number of likely N-dealkylation sites (N-methyl/N-ethyl adjacent to an activating group) is 1. The smallest absolute Gasteiger partial charge is 0.408 e. The van der Waals surface area contributed by atoms with Gasteiger partial charge in [0.1, 0.15) is 5.60 Å². The maximum absolute atomic E-state index is 14.5. The van der Waals surface area contributed by atoms with Crippen LogP contribution in [0.1, 0.15) is 37.5 Å². The molecule has 0 saturated carbocycles. The molecule has 8 nitrogen and oxygen atoms in total. The van der Waals surface area contributed by atoms with Crippen LogP contribution in [0.5, 0.6) is 0 Å². The van der Waals surface area contributed by atoms with Gasteiger partial charge in [-0.05, 0) is 50.1 Å². The summed E-state index contributed by atoms with van der Waals surface area (Å²) in [7, 11) is 2.80. The van der Waals surface area contributed by atoms with Gasteiger partial charge in [0.05, 0.1) is 13.7 Å². The lowest BCUT2D eigenvalue weighted by Gasteiger charge is -2.45. The van der Waals surface area contributed by atoms with E-state index in [1.807, 2.05) is 30.3 Å². The van der Waals surface area contributed by atoms with Gasteiger partial charge in [-0.25, -0.2) is 9.59 Å². The molecule has 4 rings (SSSR count). The molecule has 0 aromatic heterocycles.